The van der Waals surface area contributed by atoms with Crippen LogP contribution in [-0.4, -0.2) is 66.1 Å². The van der Waals surface area contributed by atoms with Crippen LogP contribution >= 0.6 is 11.3 Å². The van der Waals surface area contributed by atoms with Gasteiger partial charge in [0.05, 0.1) is 24.6 Å². The van der Waals surface area contributed by atoms with E-state index in [0.29, 0.717) is 43.4 Å². The van der Waals surface area contributed by atoms with Crippen LogP contribution in [0.4, 0.5) is 16.2 Å². The van der Waals surface area contributed by atoms with Crippen LogP contribution in [0.3, 0.4) is 0 Å². The van der Waals surface area contributed by atoms with Gasteiger partial charge in [-0.2, -0.15) is 0 Å². The van der Waals surface area contributed by atoms with Gasteiger partial charge in [0, 0.05) is 49.7 Å². The lowest BCUT2D eigenvalue weighted by Crippen LogP contribution is -2.46. The maximum absolute atomic E-state index is 13.4. The van der Waals surface area contributed by atoms with Crippen LogP contribution in [0, 0.1) is 0 Å². The number of pyridine rings is 1. The van der Waals surface area contributed by atoms with Gasteiger partial charge in [-0.15, -0.1) is 11.3 Å². The number of hydrogen-bond donors (Lipinski definition) is 3. The van der Waals surface area contributed by atoms with Gasteiger partial charge in [0.1, 0.15) is 12.0 Å². The molecule has 0 aromatic carbocycles. The molecule has 5 rings (SSSR count). The van der Waals surface area contributed by atoms with E-state index in [2.05, 4.69) is 26.6 Å². The number of rotatable bonds is 9. The number of amides is 3. The number of thiophene rings is 1. The van der Waals surface area contributed by atoms with E-state index < -0.39 is 0 Å². The van der Waals surface area contributed by atoms with Crippen molar-refractivity contribution in [2.24, 2.45) is 0 Å². The molecule has 4 heterocycles. The van der Waals surface area contributed by atoms with Crippen molar-refractivity contribution in [3.8, 4) is 0 Å². The SMILES string of the molecule is Nc1cscc1NC(=O)c1ccc(CN(CCN2CCOCC2)C(=O)NC2=COC=C(C3=CC=CCC3)O2)cn1. The molecular formula is C28H32N6O5S. The Morgan fingerprint density at radius 1 is 1.15 bits per heavy atom. The molecule has 12 heteroatoms. The zero-order valence-corrected chi connectivity index (χ0v) is 22.8. The molecule has 0 saturated carbocycles. The molecule has 3 aliphatic rings. The molecule has 1 aliphatic carbocycles. The number of hydrogen-bond acceptors (Lipinski definition) is 9. The van der Waals surface area contributed by atoms with E-state index in [1.807, 2.05) is 12.2 Å². The number of carbonyl (C=O) groups is 2. The molecule has 11 nitrogen and oxygen atoms in total. The minimum atomic E-state index is -0.354. The molecule has 40 heavy (non-hydrogen) atoms. The average Bonchev–Trinajstić information content (AvgIpc) is 3.40. The molecule has 0 unspecified atom stereocenters. The standard InChI is InChI=1S/C28H32N6O5S/c29-22-18-40-19-24(22)31-27(35)23-7-6-20(14-30-23)15-34(9-8-33-10-12-37-13-11-33)28(36)32-26-17-38-16-25(39-26)21-4-2-1-3-5-21/h1-2,4,6-7,14,16-19H,3,5,8-13,15,29H2,(H,31,35)(H,32,36). The summed E-state index contributed by atoms with van der Waals surface area (Å²) in [7, 11) is 0. The van der Waals surface area contributed by atoms with Crippen LogP contribution in [-0.2, 0) is 20.8 Å². The van der Waals surface area contributed by atoms with Crippen LogP contribution in [0.2, 0.25) is 0 Å². The number of nitrogens with zero attached hydrogens (tertiary/aromatic N) is 3. The third kappa shape index (κ3) is 7.29. The number of ether oxygens (including phenoxy) is 3. The van der Waals surface area contributed by atoms with Gasteiger partial charge in [0.15, 0.2) is 12.0 Å². The van der Waals surface area contributed by atoms with E-state index in [1.54, 1.807) is 34.0 Å². The molecule has 0 spiro atoms. The van der Waals surface area contributed by atoms with Gasteiger partial charge in [-0.1, -0.05) is 24.3 Å². The Bertz CT molecular complexity index is 1330. The summed E-state index contributed by atoms with van der Waals surface area (Å²) in [5.74, 6) is 0.434. The fraction of sp³-hybridized carbons (Fsp3) is 0.321. The fourth-order valence-electron chi connectivity index (χ4n) is 4.32. The lowest BCUT2D eigenvalue weighted by atomic mass is 10.0. The average molecular weight is 565 g/mol. The summed E-state index contributed by atoms with van der Waals surface area (Å²) in [5, 5.41) is 9.12. The summed E-state index contributed by atoms with van der Waals surface area (Å²) in [6.45, 7) is 4.43. The van der Waals surface area contributed by atoms with Crippen LogP contribution in [0.15, 0.2) is 77.1 Å². The van der Waals surface area contributed by atoms with Gasteiger partial charge < -0.3 is 30.2 Å². The van der Waals surface area contributed by atoms with Crippen molar-refractivity contribution >= 4 is 34.6 Å². The van der Waals surface area contributed by atoms with E-state index in [1.165, 1.54) is 23.9 Å². The number of urea groups is 1. The highest BCUT2D eigenvalue weighted by Crippen LogP contribution is 2.26. The van der Waals surface area contributed by atoms with E-state index in [9.17, 15) is 9.59 Å². The first-order chi connectivity index (χ1) is 19.5. The molecular weight excluding hydrogens is 532 g/mol. The third-order valence-corrected chi connectivity index (χ3v) is 7.34. The van der Waals surface area contributed by atoms with Crippen molar-refractivity contribution < 1.29 is 23.8 Å². The van der Waals surface area contributed by atoms with Crippen LogP contribution < -0.4 is 16.4 Å². The maximum Gasteiger partial charge on any atom is 0.324 e. The van der Waals surface area contributed by atoms with Crippen molar-refractivity contribution in [1.29, 1.82) is 0 Å². The number of nitrogens with one attached hydrogen (secondary N) is 2. The summed E-state index contributed by atoms with van der Waals surface area (Å²) >= 11 is 1.41. The third-order valence-electron chi connectivity index (χ3n) is 6.58. The maximum atomic E-state index is 13.4. The first kappa shape index (κ1) is 27.4. The first-order valence-electron chi connectivity index (χ1n) is 13.1. The largest absolute Gasteiger partial charge is 0.463 e. The summed E-state index contributed by atoms with van der Waals surface area (Å²) in [4.78, 5) is 34.3. The quantitative estimate of drug-likeness (QED) is 0.419. The number of anilines is 2. The lowest BCUT2D eigenvalue weighted by Gasteiger charge is -2.30. The zero-order valence-electron chi connectivity index (χ0n) is 22.0. The first-order valence-corrected chi connectivity index (χ1v) is 14.0. The molecule has 0 radical (unpaired) electrons. The Hall–Kier alpha value is -4.13. The smallest absolute Gasteiger partial charge is 0.324 e. The Labute approximate surface area is 236 Å². The van der Waals surface area contributed by atoms with E-state index in [0.717, 1.165) is 37.1 Å². The van der Waals surface area contributed by atoms with Crippen LogP contribution in [0.25, 0.3) is 0 Å². The molecule has 2 aliphatic heterocycles. The van der Waals surface area contributed by atoms with Crippen molar-refractivity contribution in [2.75, 3.05) is 50.4 Å². The minimum absolute atomic E-state index is 0.215. The van der Waals surface area contributed by atoms with Gasteiger partial charge in [0.2, 0.25) is 5.88 Å². The highest BCUT2D eigenvalue weighted by Gasteiger charge is 2.22. The van der Waals surface area contributed by atoms with Crippen molar-refractivity contribution in [3.63, 3.8) is 0 Å². The monoisotopic (exact) mass is 564 g/mol. The molecule has 4 N–H and O–H groups in total. The predicted octanol–water partition coefficient (Wildman–Crippen LogP) is 3.78. The Balaban J connectivity index is 1.23. The Morgan fingerprint density at radius 3 is 2.75 bits per heavy atom. The summed E-state index contributed by atoms with van der Waals surface area (Å²) in [6, 6.07) is 3.09. The second kappa shape index (κ2) is 13.3. The van der Waals surface area contributed by atoms with Crippen molar-refractivity contribution in [3.05, 3.63) is 88.3 Å². The topological polar surface area (TPSA) is 131 Å². The number of morpholine rings is 1. The van der Waals surface area contributed by atoms with Gasteiger partial charge in [-0.25, -0.2) is 4.79 Å². The highest BCUT2D eigenvalue weighted by molar-refractivity contribution is 7.09. The molecule has 2 aromatic rings. The second-order valence-electron chi connectivity index (χ2n) is 9.41. The molecule has 1 fully saturated rings. The van der Waals surface area contributed by atoms with Crippen LogP contribution in [0.1, 0.15) is 28.9 Å². The normalized spacial score (nSPS) is 17.1. The zero-order chi connectivity index (χ0) is 27.7. The minimum Gasteiger partial charge on any atom is -0.463 e. The molecule has 1 saturated heterocycles. The molecule has 2 aromatic heterocycles. The van der Waals surface area contributed by atoms with E-state index in [4.69, 9.17) is 19.9 Å². The Kier molecular flexibility index (Phi) is 9.11. The van der Waals surface area contributed by atoms with Gasteiger partial charge in [-0.3, -0.25) is 20.0 Å². The van der Waals surface area contributed by atoms with Gasteiger partial charge in [-0.05, 0) is 30.0 Å². The Morgan fingerprint density at radius 2 is 2.02 bits per heavy atom. The highest BCUT2D eigenvalue weighted by atomic mass is 32.1. The van der Waals surface area contributed by atoms with Gasteiger partial charge >= 0.3 is 6.03 Å². The number of aromatic nitrogens is 1. The van der Waals surface area contributed by atoms with Crippen molar-refractivity contribution in [1.82, 2.24) is 20.1 Å². The van der Waals surface area contributed by atoms with Crippen LogP contribution in [0.5, 0.6) is 0 Å². The second-order valence-corrected chi connectivity index (χ2v) is 10.2. The van der Waals surface area contributed by atoms with E-state index in [-0.39, 0.29) is 30.1 Å². The fourth-order valence-corrected chi connectivity index (χ4v) is 4.99. The number of nitrogens with two attached hydrogens (primary N) is 1. The molecule has 0 atom stereocenters. The molecule has 0 bridgehead atoms. The molecule has 3 amide bonds. The summed E-state index contributed by atoms with van der Waals surface area (Å²) in [5.41, 5.74) is 8.96. The van der Waals surface area contributed by atoms with Crippen molar-refractivity contribution in [2.45, 2.75) is 19.4 Å². The number of nitrogen functional groups attached to an aromatic ring is 1. The number of allylic oxidation sites excluding steroid dienone is 4. The lowest BCUT2D eigenvalue weighted by molar-refractivity contribution is 0.0346. The molecule has 210 valence electrons. The predicted molar refractivity (Wildman–Crippen MR) is 152 cm³/mol. The summed E-state index contributed by atoms with van der Waals surface area (Å²) in [6.07, 6.45) is 12.3. The summed E-state index contributed by atoms with van der Waals surface area (Å²) < 4.78 is 16.8. The van der Waals surface area contributed by atoms with Gasteiger partial charge in [0.25, 0.3) is 5.91 Å². The van der Waals surface area contributed by atoms with E-state index >= 15 is 0 Å². The number of carbonyl (C=O) groups excluding carboxylic acids is 2.